The summed E-state index contributed by atoms with van der Waals surface area (Å²) in [7, 11) is 0. The third kappa shape index (κ3) is 5.19. The minimum atomic E-state index is 0. The fourth-order valence-corrected chi connectivity index (χ4v) is 3.69. The molecule has 1 aromatic rings. The van der Waals surface area contributed by atoms with Crippen molar-refractivity contribution in [1.29, 1.82) is 0 Å². The van der Waals surface area contributed by atoms with Crippen LogP contribution < -0.4 is 10.6 Å². The standard InChI is InChI=1S/C19H27N3O2.ClH/c1-14-13-17(7-10-20-14)21-18(23)15-8-11-22(12-9-15)19(24)16-5-3-2-4-6-16;/h2-6,14-15,17,20H,7-13H2,1H3,(H,21,23);1H. The molecule has 2 unspecified atom stereocenters. The minimum absolute atomic E-state index is 0. The second-order valence-corrected chi connectivity index (χ2v) is 7.02. The van der Waals surface area contributed by atoms with Crippen molar-refractivity contribution in [3.05, 3.63) is 35.9 Å². The van der Waals surface area contributed by atoms with Crippen LogP contribution in [0.2, 0.25) is 0 Å². The molecule has 2 aliphatic rings. The second kappa shape index (κ2) is 9.20. The summed E-state index contributed by atoms with van der Waals surface area (Å²) in [5.41, 5.74) is 0.726. The molecule has 138 valence electrons. The van der Waals surface area contributed by atoms with Crippen molar-refractivity contribution >= 4 is 24.2 Å². The maximum absolute atomic E-state index is 12.5. The lowest BCUT2D eigenvalue weighted by Gasteiger charge is -2.34. The second-order valence-electron chi connectivity index (χ2n) is 7.02. The van der Waals surface area contributed by atoms with Crippen molar-refractivity contribution in [2.45, 2.75) is 44.7 Å². The molecule has 1 aromatic carbocycles. The number of likely N-dealkylation sites (tertiary alicyclic amines) is 1. The van der Waals surface area contributed by atoms with Crippen molar-refractivity contribution in [3.8, 4) is 0 Å². The molecule has 3 rings (SSSR count). The van der Waals surface area contributed by atoms with Gasteiger partial charge in [0.15, 0.2) is 0 Å². The molecule has 2 heterocycles. The Kier molecular flexibility index (Phi) is 7.26. The van der Waals surface area contributed by atoms with Crippen LogP contribution in [0.15, 0.2) is 30.3 Å². The van der Waals surface area contributed by atoms with E-state index in [4.69, 9.17) is 0 Å². The molecule has 0 saturated carbocycles. The molecule has 6 heteroatoms. The molecule has 0 radical (unpaired) electrons. The average Bonchev–Trinajstić information content (AvgIpc) is 2.62. The van der Waals surface area contributed by atoms with Crippen molar-refractivity contribution in [2.75, 3.05) is 19.6 Å². The zero-order valence-electron chi connectivity index (χ0n) is 14.7. The lowest BCUT2D eigenvalue weighted by atomic mass is 9.93. The van der Waals surface area contributed by atoms with Gasteiger partial charge in [0.2, 0.25) is 5.91 Å². The summed E-state index contributed by atoms with van der Waals surface area (Å²) in [5, 5.41) is 6.62. The minimum Gasteiger partial charge on any atom is -0.353 e. The number of hydrogen-bond donors (Lipinski definition) is 2. The molecule has 2 atom stereocenters. The van der Waals surface area contributed by atoms with Gasteiger partial charge >= 0.3 is 0 Å². The monoisotopic (exact) mass is 365 g/mol. The molecule has 0 spiro atoms. The number of carbonyl (C=O) groups excluding carboxylic acids is 2. The number of carbonyl (C=O) groups is 2. The number of benzene rings is 1. The van der Waals surface area contributed by atoms with E-state index in [1.54, 1.807) is 0 Å². The van der Waals surface area contributed by atoms with Gasteiger partial charge in [0, 0.05) is 36.7 Å². The van der Waals surface area contributed by atoms with Crippen LogP contribution in [-0.2, 0) is 4.79 Å². The number of amides is 2. The first kappa shape index (κ1) is 19.7. The summed E-state index contributed by atoms with van der Waals surface area (Å²) in [4.78, 5) is 26.8. The van der Waals surface area contributed by atoms with E-state index in [-0.39, 0.29) is 36.2 Å². The lowest BCUT2D eigenvalue weighted by Crippen LogP contribution is -2.49. The van der Waals surface area contributed by atoms with Crippen molar-refractivity contribution in [2.24, 2.45) is 5.92 Å². The maximum Gasteiger partial charge on any atom is 0.253 e. The van der Waals surface area contributed by atoms with Gasteiger partial charge in [-0.05, 0) is 51.3 Å². The molecular weight excluding hydrogens is 338 g/mol. The molecule has 2 fully saturated rings. The van der Waals surface area contributed by atoms with E-state index < -0.39 is 0 Å². The van der Waals surface area contributed by atoms with Gasteiger partial charge in [-0.25, -0.2) is 0 Å². The number of piperidine rings is 2. The van der Waals surface area contributed by atoms with Crippen LogP contribution in [0.1, 0.15) is 43.0 Å². The third-order valence-electron chi connectivity index (χ3n) is 5.14. The Balaban J connectivity index is 0.00000225. The Hall–Kier alpha value is -1.59. The normalized spacial score (nSPS) is 24.3. The summed E-state index contributed by atoms with van der Waals surface area (Å²) in [6.45, 7) is 4.45. The van der Waals surface area contributed by atoms with Gasteiger partial charge in [-0.2, -0.15) is 0 Å². The molecule has 25 heavy (non-hydrogen) atoms. The summed E-state index contributed by atoms with van der Waals surface area (Å²) >= 11 is 0. The molecule has 2 N–H and O–H groups in total. The number of hydrogen-bond acceptors (Lipinski definition) is 3. The topological polar surface area (TPSA) is 61.4 Å². The van der Waals surface area contributed by atoms with Gasteiger partial charge in [0.1, 0.15) is 0 Å². The van der Waals surface area contributed by atoms with Gasteiger partial charge < -0.3 is 15.5 Å². The summed E-state index contributed by atoms with van der Waals surface area (Å²) < 4.78 is 0. The Morgan fingerprint density at radius 2 is 1.80 bits per heavy atom. The largest absolute Gasteiger partial charge is 0.353 e. The van der Waals surface area contributed by atoms with Gasteiger partial charge in [-0.15, -0.1) is 12.4 Å². The molecule has 2 saturated heterocycles. The van der Waals surface area contributed by atoms with Crippen molar-refractivity contribution in [3.63, 3.8) is 0 Å². The van der Waals surface area contributed by atoms with Gasteiger partial charge in [-0.1, -0.05) is 18.2 Å². The quantitative estimate of drug-likeness (QED) is 0.863. The molecule has 2 aliphatic heterocycles. The highest BCUT2D eigenvalue weighted by Gasteiger charge is 2.29. The van der Waals surface area contributed by atoms with Crippen molar-refractivity contribution in [1.82, 2.24) is 15.5 Å². The number of halogens is 1. The van der Waals surface area contributed by atoms with Crippen LogP contribution >= 0.6 is 12.4 Å². The van der Waals surface area contributed by atoms with Crippen LogP contribution in [0.5, 0.6) is 0 Å². The lowest BCUT2D eigenvalue weighted by molar-refractivity contribution is -0.127. The molecule has 5 nitrogen and oxygen atoms in total. The first-order valence-electron chi connectivity index (χ1n) is 9.01. The molecule has 0 aromatic heterocycles. The molecule has 0 bridgehead atoms. The highest BCUT2D eigenvalue weighted by atomic mass is 35.5. The van der Waals surface area contributed by atoms with Crippen LogP contribution in [0.4, 0.5) is 0 Å². The van der Waals surface area contributed by atoms with Crippen LogP contribution in [-0.4, -0.2) is 48.4 Å². The Bertz CT molecular complexity index is 573. The number of nitrogens with one attached hydrogen (secondary N) is 2. The zero-order chi connectivity index (χ0) is 16.9. The SMILES string of the molecule is CC1CC(NC(=O)C2CCN(C(=O)c3ccccc3)CC2)CCN1.Cl. The predicted octanol–water partition coefficient (Wildman–Crippen LogP) is 2.22. The van der Waals surface area contributed by atoms with E-state index in [0.717, 1.165) is 37.8 Å². The van der Waals surface area contributed by atoms with Gasteiger partial charge in [-0.3, -0.25) is 9.59 Å². The highest BCUT2D eigenvalue weighted by molar-refractivity contribution is 5.94. The summed E-state index contributed by atoms with van der Waals surface area (Å²) in [5.74, 6) is 0.276. The summed E-state index contributed by atoms with van der Waals surface area (Å²) in [6, 6.07) is 10.1. The average molecular weight is 366 g/mol. The van der Waals surface area contributed by atoms with E-state index in [1.807, 2.05) is 35.2 Å². The Labute approximate surface area is 155 Å². The number of rotatable bonds is 3. The van der Waals surface area contributed by atoms with Gasteiger partial charge in [0.25, 0.3) is 5.91 Å². The smallest absolute Gasteiger partial charge is 0.253 e. The van der Waals surface area contributed by atoms with E-state index >= 15 is 0 Å². The fraction of sp³-hybridized carbons (Fsp3) is 0.579. The fourth-order valence-electron chi connectivity index (χ4n) is 3.69. The van der Waals surface area contributed by atoms with E-state index in [0.29, 0.717) is 19.1 Å². The third-order valence-corrected chi connectivity index (χ3v) is 5.14. The van der Waals surface area contributed by atoms with Crippen LogP contribution in [0.3, 0.4) is 0 Å². The maximum atomic E-state index is 12.5. The van der Waals surface area contributed by atoms with Gasteiger partial charge in [0.05, 0.1) is 0 Å². The van der Waals surface area contributed by atoms with Crippen LogP contribution in [0.25, 0.3) is 0 Å². The highest BCUT2D eigenvalue weighted by Crippen LogP contribution is 2.20. The molecule has 2 amide bonds. The van der Waals surface area contributed by atoms with Crippen LogP contribution in [0, 0.1) is 5.92 Å². The molecular formula is C19H28ClN3O2. The Morgan fingerprint density at radius 1 is 1.12 bits per heavy atom. The Morgan fingerprint density at radius 3 is 2.44 bits per heavy atom. The van der Waals surface area contributed by atoms with E-state index in [9.17, 15) is 9.59 Å². The zero-order valence-corrected chi connectivity index (χ0v) is 15.6. The van der Waals surface area contributed by atoms with E-state index in [2.05, 4.69) is 17.6 Å². The summed E-state index contributed by atoms with van der Waals surface area (Å²) in [6.07, 6.45) is 3.51. The molecule has 0 aliphatic carbocycles. The first-order chi connectivity index (χ1) is 11.6. The number of nitrogens with zero attached hydrogens (tertiary/aromatic N) is 1. The van der Waals surface area contributed by atoms with Crippen molar-refractivity contribution < 1.29 is 9.59 Å². The first-order valence-corrected chi connectivity index (χ1v) is 9.01. The van der Waals surface area contributed by atoms with E-state index in [1.165, 1.54) is 0 Å². The predicted molar refractivity (Wildman–Crippen MR) is 101 cm³/mol.